The molecule has 0 saturated heterocycles. The van der Waals surface area contributed by atoms with Gasteiger partial charge in [0.2, 0.25) is 5.82 Å². The molecule has 2 aromatic carbocycles. The third-order valence-electron chi connectivity index (χ3n) is 5.04. The van der Waals surface area contributed by atoms with Crippen LogP contribution in [-0.2, 0) is 6.18 Å². The lowest BCUT2D eigenvalue weighted by atomic mass is 9.98. The van der Waals surface area contributed by atoms with E-state index in [1.807, 2.05) is 30.3 Å². The van der Waals surface area contributed by atoms with Crippen LogP contribution in [0.2, 0.25) is 0 Å². The van der Waals surface area contributed by atoms with E-state index in [-0.39, 0.29) is 16.6 Å². The number of amides is 1. The van der Waals surface area contributed by atoms with Crippen molar-refractivity contribution < 1.29 is 18.0 Å². The smallest absolute Gasteiger partial charge is 0.341 e. The zero-order valence-corrected chi connectivity index (χ0v) is 16.3. The molecule has 3 heterocycles. The number of benzene rings is 2. The maximum absolute atomic E-state index is 13.1. The number of hydrogen-bond acceptors (Lipinski definition) is 4. The summed E-state index contributed by atoms with van der Waals surface area (Å²) in [6, 6.07) is 14.9. The van der Waals surface area contributed by atoms with Crippen LogP contribution >= 0.6 is 0 Å². The Labute approximate surface area is 178 Å². The van der Waals surface area contributed by atoms with Crippen molar-refractivity contribution in [2.45, 2.75) is 12.2 Å². The first-order valence-corrected chi connectivity index (χ1v) is 9.61. The Balaban J connectivity index is 1.55. The molecule has 0 spiro atoms. The van der Waals surface area contributed by atoms with Crippen LogP contribution < -0.4 is 5.32 Å². The molecular weight excluding hydrogens is 421 g/mol. The SMILES string of the molecule is O=C(N[C@@H](c1ccccc1)c1ccc2nc(C(F)(F)F)[nH]c2c1)c1cnn2cccnc12. The zero-order chi connectivity index (χ0) is 22.3. The Hall–Kier alpha value is -4.21. The molecule has 0 unspecified atom stereocenters. The molecule has 0 bridgehead atoms. The van der Waals surface area contributed by atoms with Crippen molar-refractivity contribution in [1.82, 2.24) is 29.9 Å². The number of aromatic nitrogens is 5. The summed E-state index contributed by atoms with van der Waals surface area (Å²) in [6.07, 6.45) is 0.0845. The van der Waals surface area contributed by atoms with Gasteiger partial charge in [-0.2, -0.15) is 18.3 Å². The average molecular weight is 436 g/mol. The Morgan fingerprint density at radius 1 is 1.06 bits per heavy atom. The van der Waals surface area contributed by atoms with Gasteiger partial charge >= 0.3 is 6.18 Å². The minimum atomic E-state index is -4.58. The fourth-order valence-corrected chi connectivity index (χ4v) is 3.54. The fraction of sp³-hybridized carbons (Fsp3) is 0.0909. The summed E-state index contributed by atoms with van der Waals surface area (Å²) in [5, 5.41) is 7.09. The van der Waals surface area contributed by atoms with Crippen LogP contribution in [0.15, 0.2) is 73.2 Å². The highest BCUT2D eigenvalue weighted by Crippen LogP contribution is 2.30. The number of carbonyl (C=O) groups is 1. The second-order valence-electron chi connectivity index (χ2n) is 7.12. The first-order chi connectivity index (χ1) is 15.4. The van der Waals surface area contributed by atoms with Crippen molar-refractivity contribution in [3.63, 3.8) is 0 Å². The van der Waals surface area contributed by atoms with Crippen LogP contribution in [-0.4, -0.2) is 30.5 Å². The minimum absolute atomic E-state index is 0.186. The Kier molecular flexibility index (Phi) is 4.62. The lowest BCUT2D eigenvalue weighted by molar-refractivity contribution is -0.144. The highest BCUT2D eigenvalue weighted by atomic mass is 19.4. The summed E-state index contributed by atoms with van der Waals surface area (Å²) in [6.45, 7) is 0. The molecule has 0 aliphatic heterocycles. The van der Waals surface area contributed by atoms with Gasteiger partial charge in [-0.05, 0) is 29.3 Å². The first-order valence-electron chi connectivity index (χ1n) is 9.61. The highest BCUT2D eigenvalue weighted by molar-refractivity contribution is 6.00. The third-order valence-corrected chi connectivity index (χ3v) is 5.04. The van der Waals surface area contributed by atoms with E-state index in [2.05, 4.69) is 25.4 Å². The van der Waals surface area contributed by atoms with Gasteiger partial charge in [0.15, 0.2) is 5.65 Å². The number of H-pyrrole nitrogens is 1. The van der Waals surface area contributed by atoms with Gasteiger partial charge in [0.1, 0.15) is 5.56 Å². The predicted molar refractivity (Wildman–Crippen MR) is 110 cm³/mol. The number of nitrogens with one attached hydrogen (secondary N) is 2. The molecule has 10 heteroatoms. The number of aromatic amines is 1. The Morgan fingerprint density at radius 3 is 2.66 bits per heavy atom. The molecule has 1 atom stereocenters. The molecule has 2 N–H and O–H groups in total. The second-order valence-corrected chi connectivity index (χ2v) is 7.12. The number of hydrogen-bond donors (Lipinski definition) is 2. The summed E-state index contributed by atoms with van der Waals surface area (Å²) < 4.78 is 40.6. The molecule has 0 aliphatic rings. The maximum atomic E-state index is 13.1. The van der Waals surface area contributed by atoms with Crippen molar-refractivity contribution in [3.8, 4) is 0 Å². The van der Waals surface area contributed by atoms with Gasteiger partial charge in [0.05, 0.1) is 23.3 Å². The predicted octanol–water partition coefficient (Wildman–Crippen LogP) is 4.14. The van der Waals surface area contributed by atoms with E-state index in [1.54, 1.807) is 30.6 Å². The van der Waals surface area contributed by atoms with E-state index in [9.17, 15) is 18.0 Å². The molecule has 0 saturated carbocycles. The van der Waals surface area contributed by atoms with Crippen LogP contribution in [0.1, 0.15) is 33.4 Å². The molecule has 7 nitrogen and oxygen atoms in total. The van der Waals surface area contributed by atoms with E-state index in [0.717, 1.165) is 5.56 Å². The molecule has 0 radical (unpaired) electrons. The van der Waals surface area contributed by atoms with Crippen LogP contribution in [0.25, 0.3) is 16.7 Å². The van der Waals surface area contributed by atoms with Crippen molar-refractivity contribution in [2.75, 3.05) is 0 Å². The van der Waals surface area contributed by atoms with Crippen LogP contribution in [0, 0.1) is 0 Å². The largest absolute Gasteiger partial charge is 0.449 e. The monoisotopic (exact) mass is 436 g/mol. The molecule has 5 aromatic rings. The lowest BCUT2D eigenvalue weighted by Crippen LogP contribution is -2.29. The number of nitrogens with zero attached hydrogens (tertiary/aromatic N) is 4. The van der Waals surface area contributed by atoms with Crippen molar-refractivity contribution in [3.05, 3.63) is 95.7 Å². The van der Waals surface area contributed by atoms with Crippen molar-refractivity contribution >= 4 is 22.6 Å². The summed E-state index contributed by atoms with van der Waals surface area (Å²) in [4.78, 5) is 23.2. The molecule has 5 rings (SSSR count). The number of carbonyl (C=O) groups excluding carboxylic acids is 1. The Morgan fingerprint density at radius 2 is 1.88 bits per heavy atom. The first kappa shape index (κ1) is 19.7. The van der Waals surface area contributed by atoms with E-state index in [4.69, 9.17) is 0 Å². The molecule has 0 fully saturated rings. The summed E-state index contributed by atoms with van der Waals surface area (Å²) in [5.74, 6) is -1.48. The van der Waals surface area contributed by atoms with Gasteiger partial charge < -0.3 is 10.3 Å². The molecule has 3 aromatic heterocycles. The Bertz CT molecular complexity index is 1420. The molecular formula is C22H15F3N6O. The zero-order valence-electron chi connectivity index (χ0n) is 16.3. The van der Waals surface area contributed by atoms with Crippen LogP contribution in [0.4, 0.5) is 13.2 Å². The lowest BCUT2D eigenvalue weighted by Gasteiger charge is -2.19. The standard InChI is InChI=1S/C22H15F3N6O/c23-22(24,25)21-28-16-8-7-14(11-17(16)29-21)18(13-5-2-1-3-6-13)30-20(32)15-12-27-31-10-4-9-26-19(15)31/h1-12,18H,(H,28,29)(H,30,32)/t18-/m0/s1. The molecule has 1 amide bonds. The normalized spacial score (nSPS) is 12.8. The maximum Gasteiger partial charge on any atom is 0.449 e. The summed E-state index contributed by atoms with van der Waals surface area (Å²) in [7, 11) is 0. The van der Waals surface area contributed by atoms with E-state index >= 15 is 0 Å². The number of rotatable bonds is 4. The van der Waals surface area contributed by atoms with Gasteiger partial charge in [-0.15, -0.1) is 0 Å². The molecule has 0 aliphatic carbocycles. The topological polar surface area (TPSA) is 88.0 Å². The summed E-state index contributed by atoms with van der Waals surface area (Å²) in [5.41, 5.74) is 2.46. The van der Waals surface area contributed by atoms with Crippen molar-refractivity contribution in [2.24, 2.45) is 0 Å². The second kappa shape index (κ2) is 7.49. The summed E-state index contributed by atoms with van der Waals surface area (Å²) >= 11 is 0. The van der Waals surface area contributed by atoms with Crippen LogP contribution in [0.3, 0.4) is 0 Å². The average Bonchev–Trinajstić information content (AvgIpc) is 3.42. The fourth-order valence-electron chi connectivity index (χ4n) is 3.54. The third kappa shape index (κ3) is 3.55. The van der Waals surface area contributed by atoms with E-state index in [1.165, 1.54) is 16.8 Å². The molecule has 32 heavy (non-hydrogen) atoms. The van der Waals surface area contributed by atoms with Crippen LogP contribution in [0.5, 0.6) is 0 Å². The van der Waals surface area contributed by atoms with Gasteiger partial charge in [-0.1, -0.05) is 36.4 Å². The van der Waals surface area contributed by atoms with Gasteiger partial charge in [0, 0.05) is 12.4 Å². The van der Waals surface area contributed by atoms with Gasteiger partial charge in [-0.3, -0.25) is 4.79 Å². The number of fused-ring (bicyclic) bond motifs is 2. The number of halogens is 3. The van der Waals surface area contributed by atoms with E-state index in [0.29, 0.717) is 11.2 Å². The van der Waals surface area contributed by atoms with E-state index < -0.39 is 23.9 Å². The number of alkyl halides is 3. The number of imidazole rings is 1. The minimum Gasteiger partial charge on any atom is -0.341 e. The quantitative estimate of drug-likeness (QED) is 0.443. The van der Waals surface area contributed by atoms with Gasteiger partial charge in [-0.25, -0.2) is 14.5 Å². The van der Waals surface area contributed by atoms with Crippen molar-refractivity contribution in [1.29, 1.82) is 0 Å². The highest BCUT2D eigenvalue weighted by Gasteiger charge is 2.34. The molecule has 160 valence electrons. The van der Waals surface area contributed by atoms with Gasteiger partial charge in [0.25, 0.3) is 5.91 Å².